The fourth-order valence-electron chi connectivity index (χ4n) is 2.92. The summed E-state index contributed by atoms with van der Waals surface area (Å²) < 4.78 is 15.4. The summed E-state index contributed by atoms with van der Waals surface area (Å²) in [6.07, 6.45) is 1.10. The van der Waals surface area contributed by atoms with Crippen LogP contribution in [0, 0.1) is 0 Å². The van der Waals surface area contributed by atoms with Gasteiger partial charge in [-0.2, -0.15) is 0 Å². The SMILES string of the molecule is CCCC(=O)N[C@@H](Cc1ccc(OP(=O)(O)O)cc1)C(=O)NCCN1CCNC1=O. The molecule has 1 atom stereocenters. The van der Waals surface area contributed by atoms with E-state index in [4.69, 9.17) is 9.79 Å². The van der Waals surface area contributed by atoms with Crippen molar-refractivity contribution in [1.29, 1.82) is 0 Å². The maximum Gasteiger partial charge on any atom is 0.524 e. The number of rotatable bonds is 11. The molecule has 0 bridgehead atoms. The van der Waals surface area contributed by atoms with E-state index in [0.29, 0.717) is 31.6 Å². The van der Waals surface area contributed by atoms with Crippen LogP contribution in [0.1, 0.15) is 25.3 Å². The third-order valence-corrected chi connectivity index (χ3v) is 4.79. The van der Waals surface area contributed by atoms with Crippen LogP contribution in [0.2, 0.25) is 0 Å². The van der Waals surface area contributed by atoms with Crippen molar-refractivity contribution in [3.8, 4) is 5.75 Å². The van der Waals surface area contributed by atoms with Crippen molar-refractivity contribution in [2.24, 2.45) is 0 Å². The Balaban J connectivity index is 1.97. The van der Waals surface area contributed by atoms with Gasteiger partial charge in [0.15, 0.2) is 0 Å². The Bertz CT molecular complexity index is 796. The molecule has 166 valence electrons. The van der Waals surface area contributed by atoms with Gasteiger partial charge in [-0.3, -0.25) is 19.4 Å². The quantitative estimate of drug-likeness (QED) is 0.305. The first-order valence-electron chi connectivity index (χ1n) is 9.62. The maximum absolute atomic E-state index is 12.6. The molecule has 4 amide bonds. The Kier molecular flexibility index (Phi) is 8.64. The molecule has 0 saturated carbocycles. The van der Waals surface area contributed by atoms with Crippen LogP contribution in [0.15, 0.2) is 24.3 Å². The summed E-state index contributed by atoms with van der Waals surface area (Å²) in [7, 11) is -4.65. The summed E-state index contributed by atoms with van der Waals surface area (Å²) in [5, 5.41) is 8.12. The number of nitrogens with one attached hydrogen (secondary N) is 3. The molecule has 30 heavy (non-hydrogen) atoms. The van der Waals surface area contributed by atoms with E-state index in [2.05, 4.69) is 20.5 Å². The molecular formula is C18H27N4O7P. The molecule has 1 heterocycles. The lowest BCUT2D eigenvalue weighted by Crippen LogP contribution is -2.49. The molecule has 2 rings (SSSR count). The molecule has 0 unspecified atom stereocenters. The van der Waals surface area contributed by atoms with E-state index in [1.807, 2.05) is 6.92 Å². The minimum atomic E-state index is -4.65. The molecule has 1 aliphatic heterocycles. The molecule has 1 aliphatic rings. The van der Waals surface area contributed by atoms with E-state index in [0.717, 1.165) is 0 Å². The molecule has 5 N–H and O–H groups in total. The largest absolute Gasteiger partial charge is 0.524 e. The fourth-order valence-corrected chi connectivity index (χ4v) is 3.32. The van der Waals surface area contributed by atoms with Gasteiger partial charge in [-0.1, -0.05) is 19.1 Å². The first-order chi connectivity index (χ1) is 14.2. The van der Waals surface area contributed by atoms with Gasteiger partial charge < -0.3 is 25.4 Å². The third kappa shape index (κ3) is 8.02. The van der Waals surface area contributed by atoms with E-state index in [1.54, 1.807) is 17.0 Å². The van der Waals surface area contributed by atoms with Crippen LogP contribution in [-0.4, -0.2) is 64.8 Å². The lowest BCUT2D eigenvalue weighted by molar-refractivity contribution is -0.129. The number of benzene rings is 1. The molecular weight excluding hydrogens is 415 g/mol. The van der Waals surface area contributed by atoms with Crippen molar-refractivity contribution in [1.82, 2.24) is 20.9 Å². The highest BCUT2D eigenvalue weighted by Gasteiger charge is 2.23. The van der Waals surface area contributed by atoms with Gasteiger partial charge in [0.2, 0.25) is 11.8 Å². The number of urea groups is 1. The van der Waals surface area contributed by atoms with Crippen LogP contribution in [0.25, 0.3) is 0 Å². The standard InChI is InChI=1S/C18H27N4O7P/c1-2-3-16(23)21-15(17(24)19-8-10-22-11-9-20-18(22)25)12-13-4-6-14(7-5-13)29-30(26,27)28/h4-7,15H,2-3,8-12H2,1H3,(H,19,24)(H,20,25)(H,21,23)(H2,26,27,28)/t15-/m0/s1. The second kappa shape index (κ2) is 11.0. The molecule has 1 aromatic rings. The van der Waals surface area contributed by atoms with Crippen LogP contribution in [0.3, 0.4) is 0 Å². The molecule has 0 aromatic heterocycles. The predicted molar refractivity (Wildman–Crippen MR) is 108 cm³/mol. The van der Waals surface area contributed by atoms with Gasteiger partial charge >= 0.3 is 13.9 Å². The van der Waals surface area contributed by atoms with Crippen molar-refractivity contribution < 1.29 is 33.3 Å². The zero-order valence-electron chi connectivity index (χ0n) is 16.7. The maximum atomic E-state index is 12.6. The first-order valence-corrected chi connectivity index (χ1v) is 11.1. The zero-order chi connectivity index (χ0) is 22.1. The lowest BCUT2D eigenvalue weighted by Gasteiger charge is -2.20. The average Bonchev–Trinajstić information content (AvgIpc) is 3.06. The van der Waals surface area contributed by atoms with Crippen LogP contribution >= 0.6 is 7.82 Å². The van der Waals surface area contributed by atoms with E-state index in [-0.39, 0.29) is 43.0 Å². The van der Waals surface area contributed by atoms with Gasteiger partial charge in [0.25, 0.3) is 0 Å². The molecule has 1 saturated heterocycles. The van der Waals surface area contributed by atoms with Crippen molar-refractivity contribution >= 4 is 25.7 Å². The monoisotopic (exact) mass is 442 g/mol. The summed E-state index contributed by atoms with van der Waals surface area (Å²) >= 11 is 0. The smallest absolute Gasteiger partial charge is 0.404 e. The van der Waals surface area contributed by atoms with Crippen LogP contribution in [-0.2, 0) is 20.6 Å². The Morgan fingerprint density at radius 1 is 1.30 bits per heavy atom. The number of hydrogen-bond donors (Lipinski definition) is 5. The molecule has 0 aliphatic carbocycles. The van der Waals surface area contributed by atoms with Crippen molar-refractivity contribution in [3.63, 3.8) is 0 Å². The number of carbonyl (C=O) groups excluding carboxylic acids is 3. The normalized spacial score (nSPS) is 14.8. The van der Waals surface area contributed by atoms with Crippen LogP contribution < -0.4 is 20.5 Å². The average molecular weight is 442 g/mol. The van der Waals surface area contributed by atoms with E-state index in [1.165, 1.54) is 12.1 Å². The van der Waals surface area contributed by atoms with E-state index in [9.17, 15) is 18.9 Å². The van der Waals surface area contributed by atoms with Crippen molar-refractivity contribution in [3.05, 3.63) is 29.8 Å². The van der Waals surface area contributed by atoms with Crippen molar-refractivity contribution in [2.45, 2.75) is 32.2 Å². The third-order valence-electron chi connectivity index (χ3n) is 4.34. The van der Waals surface area contributed by atoms with Gasteiger partial charge in [-0.25, -0.2) is 9.36 Å². The molecule has 11 nitrogen and oxygen atoms in total. The van der Waals surface area contributed by atoms with E-state index >= 15 is 0 Å². The Morgan fingerprint density at radius 3 is 2.57 bits per heavy atom. The fraction of sp³-hybridized carbons (Fsp3) is 0.500. The summed E-state index contributed by atoms with van der Waals surface area (Å²) in [5.41, 5.74) is 0.670. The van der Waals surface area contributed by atoms with Gasteiger partial charge in [0.05, 0.1) is 0 Å². The number of amides is 4. The second-order valence-corrected chi connectivity index (χ2v) is 7.97. The minimum Gasteiger partial charge on any atom is -0.404 e. The highest BCUT2D eigenvalue weighted by Crippen LogP contribution is 2.37. The molecule has 1 aromatic carbocycles. The topological polar surface area (TPSA) is 157 Å². The van der Waals surface area contributed by atoms with Crippen LogP contribution in [0.5, 0.6) is 5.75 Å². The predicted octanol–water partition coefficient (Wildman–Crippen LogP) is 0.127. The molecule has 0 radical (unpaired) electrons. The number of hydrogen-bond acceptors (Lipinski definition) is 5. The zero-order valence-corrected chi connectivity index (χ0v) is 17.6. The highest BCUT2D eigenvalue weighted by molar-refractivity contribution is 7.46. The Hall–Kier alpha value is -2.62. The summed E-state index contributed by atoms with van der Waals surface area (Å²) in [6, 6.07) is 4.88. The number of carbonyl (C=O) groups is 3. The Labute approximate surface area is 174 Å². The van der Waals surface area contributed by atoms with Crippen LogP contribution in [0.4, 0.5) is 4.79 Å². The van der Waals surface area contributed by atoms with Crippen molar-refractivity contribution in [2.75, 3.05) is 26.2 Å². The highest BCUT2D eigenvalue weighted by atomic mass is 31.2. The van der Waals surface area contributed by atoms with Gasteiger partial charge in [0.1, 0.15) is 11.8 Å². The number of nitrogens with zero attached hydrogens (tertiary/aromatic N) is 1. The minimum absolute atomic E-state index is 0.00741. The van der Waals surface area contributed by atoms with Gasteiger partial charge in [-0.05, 0) is 24.1 Å². The summed E-state index contributed by atoms with van der Waals surface area (Å²) in [5.74, 6) is -0.639. The molecule has 12 heteroatoms. The number of phosphoric acid groups is 1. The summed E-state index contributed by atoms with van der Waals surface area (Å²) in [6.45, 7) is 3.62. The van der Waals surface area contributed by atoms with E-state index < -0.39 is 13.9 Å². The number of phosphoric ester groups is 1. The summed E-state index contributed by atoms with van der Waals surface area (Å²) in [4.78, 5) is 55.5. The Morgan fingerprint density at radius 2 is 2.00 bits per heavy atom. The second-order valence-electron chi connectivity index (χ2n) is 6.81. The first kappa shape index (κ1) is 23.7. The van der Waals surface area contributed by atoms with Gasteiger partial charge in [-0.15, -0.1) is 0 Å². The lowest BCUT2D eigenvalue weighted by atomic mass is 10.0. The van der Waals surface area contributed by atoms with Gasteiger partial charge in [0, 0.05) is 39.0 Å². The molecule has 0 spiro atoms. The molecule has 1 fully saturated rings.